The van der Waals surface area contributed by atoms with Crippen molar-refractivity contribution >= 4 is 11.2 Å². The molecule has 0 aliphatic heterocycles. The van der Waals surface area contributed by atoms with Crippen LogP contribution in [0.3, 0.4) is 0 Å². The number of aromatic nitrogens is 4. The van der Waals surface area contributed by atoms with E-state index in [9.17, 15) is 9.59 Å². The van der Waals surface area contributed by atoms with E-state index in [1.165, 1.54) is 10.6 Å². The summed E-state index contributed by atoms with van der Waals surface area (Å²) >= 11 is 0. The van der Waals surface area contributed by atoms with Crippen molar-refractivity contribution in [1.82, 2.24) is 18.7 Å². The van der Waals surface area contributed by atoms with Gasteiger partial charge in [0.15, 0.2) is 11.2 Å². The first-order valence-electron chi connectivity index (χ1n) is 9.89. The third-order valence-corrected chi connectivity index (χ3v) is 4.72. The Bertz CT molecular complexity index is 1260. The van der Waals surface area contributed by atoms with Crippen molar-refractivity contribution in [2.24, 2.45) is 7.05 Å². The van der Waals surface area contributed by atoms with Crippen molar-refractivity contribution in [2.45, 2.75) is 26.4 Å². The quantitative estimate of drug-likeness (QED) is 0.422. The molecule has 2 aromatic heterocycles. The van der Waals surface area contributed by atoms with E-state index in [0.29, 0.717) is 18.7 Å². The molecular formula is C23H26N4O4. The van der Waals surface area contributed by atoms with E-state index in [4.69, 9.17) is 9.84 Å². The highest BCUT2D eigenvalue weighted by Crippen LogP contribution is 2.22. The number of aliphatic hydroxyl groups excluding tert-OH is 1. The van der Waals surface area contributed by atoms with E-state index >= 15 is 0 Å². The fraction of sp³-hybridized carbons (Fsp3) is 0.261. The molecular weight excluding hydrogens is 396 g/mol. The van der Waals surface area contributed by atoms with E-state index < -0.39 is 11.2 Å². The summed E-state index contributed by atoms with van der Waals surface area (Å²) < 4.78 is 10.0. The van der Waals surface area contributed by atoms with Crippen LogP contribution in [0.15, 0.2) is 76.6 Å². The molecule has 3 rings (SSSR count). The highest BCUT2D eigenvalue weighted by molar-refractivity contribution is 5.72. The Morgan fingerprint density at radius 2 is 1.94 bits per heavy atom. The minimum absolute atomic E-state index is 0.109. The third kappa shape index (κ3) is 4.59. The number of imidazole rings is 1. The van der Waals surface area contributed by atoms with Gasteiger partial charge in [-0.15, -0.1) is 0 Å². The summed E-state index contributed by atoms with van der Waals surface area (Å²) in [5.41, 5.74) is 1.19. The Kier molecular flexibility index (Phi) is 6.71. The second-order valence-corrected chi connectivity index (χ2v) is 7.21. The number of nitrogens with zero attached hydrogens (tertiary/aromatic N) is 4. The summed E-state index contributed by atoms with van der Waals surface area (Å²) in [6.45, 7) is 9.73. The number of allylic oxidation sites excluding steroid dienone is 3. The highest BCUT2D eigenvalue weighted by Gasteiger charge is 2.22. The van der Waals surface area contributed by atoms with Gasteiger partial charge < -0.3 is 9.84 Å². The summed E-state index contributed by atoms with van der Waals surface area (Å²) in [7, 11) is 1.56. The number of aryl methyl sites for hydroxylation is 1. The molecule has 0 atom stereocenters. The summed E-state index contributed by atoms with van der Waals surface area (Å²) in [6.07, 6.45) is 3.52. The third-order valence-electron chi connectivity index (χ3n) is 4.72. The fourth-order valence-electron chi connectivity index (χ4n) is 3.25. The zero-order valence-corrected chi connectivity index (χ0v) is 17.7. The summed E-state index contributed by atoms with van der Waals surface area (Å²) in [4.78, 5) is 30.5. The molecule has 0 radical (unpaired) electrons. The Morgan fingerprint density at radius 1 is 1.23 bits per heavy atom. The van der Waals surface area contributed by atoms with Crippen LogP contribution >= 0.6 is 0 Å². The van der Waals surface area contributed by atoms with E-state index in [1.807, 2.05) is 37.3 Å². The van der Waals surface area contributed by atoms with Gasteiger partial charge in [-0.05, 0) is 31.1 Å². The Labute approximate surface area is 179 Å². The molecule has 0 spiro atoms. The Morgan fingerprint density at radius 3 is 2.55 bits per heavy atom. The zero-order chi connectivity index (χ0) is 22.5. The molecule has 2 heterocycles. The maximum absolute atomic E-state index is 13.3. The molecule has 8 heteroatoms. The lowest BCUT2D eigenvalue weighted by atomic mass is 10.2. The minimum Gasteiger partial charge on any atom is -0.425 e. The van der Waals surface area contributed by atoms with Crippen molar-refractivity contribution in [3.63, 3.8) is 0 Å². The molecule has 0 saturated carbocycles. The number of benzene rings is 1. The molecule has 0 fully saturated rings. The van der Waals surface area contributed by atoms with Crippen LogP contribution in [-0.4, -0.2) is 30.4 Å². The lowest BCUT2D eigenvalue weighted by Gasteiger charge is -2.11. The van der Waals surface area contributed by atoms with Crippen LogP contribution in [0, 0.1) is 0 Å². The monoisotopic (exact) mass is 422 g/mol. The molecule has 0 unspecified atom stereocenters. The van der Waals surface area contributed by atoms with Gasteiger partial charge in [0.2, 0.25) is 0 Å². The normalized spacial score (nSPS) is 11.6. The van der Waals surface area contributed by atoms with Crippen LogP contribution in [0.25, 0.3) is 11.2 Å². The first kappa shape index (κ1) is 22.0. The number of ether oxygens (including phenoxy) is 1. The van der Waals surface area contributed by atoms with Gasteiger partial charge in [-0.2, -0.15) is 4.98 Å². The van der Waals surface area contributed by atoms with Crippen molar-refractivity contribution in [3.05, 3.63) is 93.4 Å². The first-order chi connectivity index (χ1) is 14.9. The van der Waals surface area contributed by atoms with Crippen molar-refractivity contribution in [3.8, 4) is 6.01 Å². The maximum Gasteiger partial charge on any atom is 0.332 e. The van der Waals surface area contributed by atoms with Crippen molar-refractivity contribution < 1.29 is 9.84 Å². The van der Waals surface area contributed by atoms with Gasteiger partial charge in [-0.25, -0.2) is 4.79 Å². The molecule has 0 aliphatic carbocycles. The topological polar surface area (TPSA) is 91.3 Å². The van der Waals surface area contributed by atoms with Crippen LogP contribution in [0.2, 0.25) is 0 Å². The van der Waals surface area contributed by atoms with Crippen LogP contribution < -0.4 is 16.0 Å². The van der Waals surface area contributed by atoms with Gasteiger partial charge in [-0.3, -0.25) is 18.5 Å². The van der Waals surface area contributed by atoms with E-state index in [-0.39, 0.29) is 30.3 Å². The van der Waals surface area contributed by atoms with Crippen LogP contribution in [-0.2, 0) is 20.1 Å². The second-order valence-electron chi connectivity index (χ2n) is 7.21. The molecule has 162 valence electrons. The first-order valence-corrected chi connectivity index (χ1v) is 9.89. The van der Waals surface area contributed by atoms with Crippen LogP contribution in [0.5, 0.6) is 6.01 Å². The number of fused-ring (bicyclic) bond motifs is 1. The van der Waals surface area contributed by atoms with Crippen molar-refractivity contribution in [2.75, 3.05) is 6.61 Å². The van der Waals surface area contributed by atoms with Crippen LogP contribution in [0.1, 0.15) is 18.9 Å². The lowest BCUT2D eigenvalue weighted by Crippen LogP contribution is -2.39. The summed E-state index contributed by atoms with van der Waals surface area (Å²) in [5.74, 6) is 0.419. The average Bonchev–Trinajstić information content (AvgIpc) is 3.10. The number of hydrogen-bond donors (Lipinski definition) is 1. The van der Waals surface area contributed by atoms with Gasteiger partial charge in [0.05, 0.1) is 6.54 Å². The Hall–Kier alpha value is -3.65. The lowest BCUT2D eigenvalue weighted by molar-refractivity contribution is 0.277. The van der Waals surface area contributed by atoms with Crippen LogP contribution in [0.4, 0.5) is 0 Å². The number of hydrogen-bond acceptors (Lipinski definition) is 5. The second kappa shape index (κ2) is 9.44. The predicted molar refractivity (Wildman–Crippen MR) is 120 cm³/mol. The molecule has 0 bridgehead atoms. The van der Waals surface area contributed by atoms with Gasteiger partial charge in [0, 0.05) is 20.2 Å². The fourth-order valence-corrected chi connectivity index (χ4v) is 3.25. The molecule has 8 nitrogen and oxygen atoms in total. The molecule has 1 aromatic carbocycles. The van der Waals surface area contributed by atoms with Gasteiger partial charge in [-0.1, -0.05) is 49.1 Å². The molecule has 0 saturated heterocycles. The highest BCUT2D eigenvalue weighted by atomic mass is 16.5. The van der Waals surface area contributed by atoms with E-state index in [0.717, 1.165) is 15.7 Å². The van der Waals surface area contributed by atoms with E-state index in [2.05, 4.69) is 18.1 Å². The van der Waals surface area contributed by atoms with E-state index in [1.54, 1.807) is 17.7 Å². The van der Waals surface area contributed by atoms with Gasteiger partial charge in [0.25, 0.3) is 5.56 Å². The number of aliphatic hydroxyl groups is 1. The molecule has 31 heavy (non-hydrogen) atoms. The molecule has 3 aromatic rings. The van der Waals surface area contributed by atoms with Gasteiger partial charge in [0.1, 0.15) is 5.76 Å². The van der Waals surface area contributed by atoms with Crippen molar-refractivity contribution in [1.29, 1.82) is 0 Å². The predicted octanol–water partition coefficient (Wildman–Crippen LogP) is 2.35. The smallest absolute Gasteiger partial charge is 0.332 e. The largest absolute Gasteiger partial charge is 0.425 e. The average molecular weight is 422 g/mol. The molecule has 1 N–H and O–H groups in total. The minimum atomic E-state index is -0.497. The number of rotatable bonds is 9. The summed E-state index contributed by atoms with van der Waals surface area (Å²) in [5, 5.41) is 9.16. The Balaban J connectivity index is 2.28. The summed E-state index contributed by atoms with van der Waals surface area (Å²) in [6, 6.07) is 9.74. The SMILES string of the molecule is C=C/C(=C\C(=C)C)Oc1nc2c(c(=O)n(CCCO)c(=O)n2C)n1Cc1ccccc1. The maximum atomic E-state index is 13.3. The molecule has 0 aliphatic rings. The van der Waals surface area contributed by atoms with Gasteiger partial charge >= 0.3 is 11.7 Å². The zero-order valence-electron chi connectivity index (χ0n) is 17.7. The standard InChI is InChI=1S/C23H26N4O4/c1-5-18(14-16(2)3)31-22-24-20-19(27(22)15-17-10-7-6-8-11-17)21(29)26(12-9-13-28)23(30)25(20)4/h5-8,10-11,14,28H,1-2,9,12-13,15H2,3-4H3/b18-14+. The molecule has 0 amide bonds.